The fourth-order valence-electron chi connectivity index (χ4n) is 2.76. The topological polar surface area (TPSA) is 49.4 Å². The molecule has 0 bridgehead atoms. The smallest absolute Gasteiger partial charge is 0.229 e. The Morgan fingerprint density at radius 3 is 2.58 bits per heavy atom. The molecular formula is C18H16Cl2N2O2. The molecule has 6 heteroatoms. The van der Waals surface area contributed by atoms with Gasteiger partial charge in [-0.15, -0.1) is 0 Å². The monoisotopic (exact) mass is 362 g/mol. The second kappa shape index (κ2) is 6.83. The number of carbonyl (C=O) groups is 2. The van der Waals surface area contributed by atoms with E-state index in [9.17, 15) is 9.59 Å². The number of rotatable bonds is 3. The first kappa shape index (κ1) is 16.8. The Morgan fingerprint density at radius 1 is 1.12 bits per heavy atom. The SMILES string of the molecule is Cc1c(Cl)cccc1NC(=O)[C@H]1CC(=O)N(c2ccccc2Cl)C1. The number of amides is 2. The summed E-state index contributed by atoms with van der Waals surface area (Å²) in [6.07, 6.45) is 0.163. The second-order valence-corrected chi connectivity index (χ2v) is 6.57. The quantitative estimate of drug-likeness (QED) is 0.884. The van der Waals surface area contributed by atoms with Crippen molar-refractivity contribution in [1.82, 2.24) is 0 Å². The van der Waals surface area contributed by atoms with Gasteiger partial charge in [-0.2, -0.15) is 0 Å². The molecule has 1 aliphatic heterocycles. The fraction of sp³-hybridized carbons (Fsp3) is 0.222. The van der Waals surface area contributed by atoms with Crippen LogP contribution in [0.3, 0.4) is 0 Å². The molecule has 2 amide bonds. The van der Waals surface area contributed by atoms with Crippen molar-refractivity contribution in [3.8, 4) is 0 Å². The van der Waals surface area contributed by atoms with Crippen molar-refractivity contribution in [2.24, 2.45) is 5.92 Å². The highest BCUT2D eigenvalue weighted by Gasteiger charge is 2.36. The highest BCUT2D eigenvalue weighted by Crippen LogP contribution is 2.32. The molecule has 1 atom stereocenters. The molecule has 24 heavy (non-hydrogen) atoms. The average Bonchev–Trinajstić information content (AvgIpc) is 2.94. The minimum absolute atomic E-state index is 0.105. The van der Waals surface area contributed by atoms with Crippen molar-refractivity contribution in [3.05, 3.63) is 58.1 Å². The molecule has 4 nitrogen and oxygen atoms in total. The van der Waals surface area contributed by atoms with E-state index in [0.29, 0.717) is 28.0 Å². The summed E-state index contributed by atoms with van der Waals surface area (Å²) >= 11 is 12.2. The molecule has 1 saturated heterocycles. The summed E-state index contributed by atoms with van der Waals surface area (Å²) in [5, 5.41) is 3.95. The largest absolute Gasteiger partial charge is 0.325 e. The molecule has 0 saturated carbocycles. The summed E-state index contributed by atoms with van der Waals surface area (Å²) < 4.78 is 0. The Kier molecular flexibility index (Phi) is 4.78. The first-order chi connectivity index (χ1) is 11.5. The van der Waals surface area contributed by atoms with Gasteiger partial charge in [0.05, 0.1) is 16.6 Å². The van der Waals surface area contributed by atoms with Gasteiger partial charge in [0.1, 0.15) is 0 Å². The summed E-state index contributed by atoms with van der Waals surface area (Å²) in [4.78, 5) is 26.4. The number of nitrogens with one attached hydrogen (secondary N) is 1. The van der Waals surface area contributed by atoms with E-state index >= 15 is 0 Å². The van der Waals surface area contributed by atoms with Crippen molar-refractivity contribution < 1.29 is 9.59 Å². The van der Waals surface area contributed by atoms with Crippen molar-refractivity contribution in [2.75, 3.05) is 16.8 Å². The Balaban J connectivity index is 1.75. The fourth-order valence-corrected chi connectivity index (χ4v) is 3.18. The van der Waals surface area contributed by atoms with E-state index < -0.39 is 5.92 Å². The third kappa shape index (κ3) is 3.25. The number of carbonyl (C=O) groups excluding carboxylic acids is 2. The van der Waals surface area contributed by atoms with E-state index in [0.717, 1.165) is 5.56 Å². The Morgan fingerprint density at radius 2 is 1.83 bits per heavy atom. The lowest BCUT2D eigenvalue weighted by Gasteiger charge is -2.18. The molecule has 0 unspecified atom stereocenters. The van der Waals surface area contributed by atoms with E-state index in [-0.39, 0.29) is 18.2 Å². The lowest BCUT2D eigenvalue weighted by Crippen LogP contribution is -2.28. The normalized spacial score (nSPS) is 17.2. The average molecular weight is 363 g/mol. The van der Waals surface area contributed by atoms with Crippen molar-refractivity contribution in [1.29, 1.82) is 0 Å². The summed E-state index contributed by atoms with van der Waals surface area (Å²) in [6.45, 7) is 2.15. The maximum Gasteiger partial charge on any atom is 0.229 e. The Hall–Kier alpha value is -2.04. The van der Waals surface area contributed by atoms with Gasteiger partial charge in [0.25, 0.3) is 0 Å². The number of para-hydroxylation sites is 1. The van der Waals surface area contributed by atoms with Crippen LogP contribution in [-0.4, -0.2) is 18.4 Å². The first-order valence-corrected chi connectivity index (χ1v) is 8.34. The van der Waals surface area contributed by atoms with Gasteiger partial charge in [-0.1, -0.05) is 41.4 Å². The van der Waals surface area contributed by atoms with Crippen molar-refractivity contribution in [2.45, 2.75) is 13.3 Å². The van der Waals surface area contributed by atoms with Crippen LogP contribution in [0.1, 0.15) is 12.0 Å². The maximum absolute atomic E-state index is 12.5. The van der Waals surface area contributed by atoms with Crippen LogP contribution in [0.15, 0.2) is 42.5 Å². The lowest BCUT2D eigenvalue weighted by molar-refractivity contribution is -0.122. The van der Waals surface area contributed by atoms with Crippen LogP contribution in [0.5, 0.6) is 0 Å². The number of anilines is 2. The van der Waals surface area contributed by atoms with Gasteiger partial charge in [-0.3, -0.25) is 9.59 Å². The van der Waals surface area contributed by atoms with Gasteiger partial charge in [-0.25, -0.2) is 0 Å². The summed E-state index contributed by atoms with van der Waals surface area (Å²) in [6, 6.07) is 12.5. The summed E-state index contributed by atoms with van der Waals surface area (Å²) in [5.74, 6) is -0.721. The van der Waals surface area contributed by atoms with Crippen LogP contribution in [0.2, 0.25) is 10.0 Å². The van der Waals surface area contributed by atoms with Gasteiger partial charge in [0.15, 0.2) is 0 Å². The number of halogens is 2. The van der Waals surface area contributed by atoms with Crippen LogP contribution in [-0.2, 0) is 9.59 Å². The predicted molar refractivity (Wildman–Crippen MR) is 96.7 cm³/mol. The van der Waals surface area contributed by atoms with E-state index in [1.165, 1.54) is 0 Å². The first-order valence-electron chi connectivity index (χ1n) is 7.58. The van der Waals surface area contributed by atoms with E-state index in [1.54, 1.807) is 41.3 Å². The number of nitrogens with zero attached hydrogens (tertiary/aromatic N) is 1. The Bertz CT molecular complexity index is 807. The van der Waals surface area contributed by atoms with E-state index in [4.69, 9.17) is 23.2 Å². The van der Waals surface area contributed by atoms with Crippen LogP contribution in [0.25, 0.3) is 0 Å². The molecule has 0 aromatic heterocycles. The van der Waals surface area contributed by atoms with Gasteiger partial charge in [-0.05, 0) is 36.8 Å². The molecule has 0 radical (unpaired) electrons. The maximum atomic E-state index is 12.5. The molecule has 0 aliphatic carbocycles. The third-order valence-corrected chi connectivity index (χ3v) is 4.89. The summed E-state index contributed by atoms with van der Waals surface area (Å²) in [7, 11) is 0. The molecule has 2 aromatic carbocycles. The highest BCUT2D eigenvalue weighted by atomic mass is 35.5. The van der Waals surface area contributed by atoms with Crippen molar-refractivity contribution in [3.63, 3.8) is 0 Å². The molecule has 2 aromatic rings. The minimum atomic E-state index is -0.424. The van der Waals surface area contributed by atoms with Crippen LogP contribution < -0.4 is 10.2 Å². The zero-order valence-corrected chi connectivity index (χ0v) is 14.6. The lowest BCUT2D eigenvalue weighted by atomic mass is 10.1. The predicted octanol–water partition coefficient (Wildman–Crippen LogP) is 4.29. The molecule has 1 fully saturated rings. The minimum Gasteiger partial charge on any atom is -0.325 e. The van der Waals surface area contributed by atoms with E-state index in [1.807, 2.05) is 13.0 Å². The molecule has 0 spiro atoms. The molecular weight excluding hydrogens is 347 g/mol. The molecule has 1 heterocycles. The van der Waals surface area contributed by atoms with E-state index in [2.05, 4.69) is 5.32 Å². The van der Waals surface area contributed by atoms with Crippen molar-refractivity contribution >= 4 is 46.4 Å². The van der Waals surface area contributed by atoms with Crippen LogP contribution in [0.4, 0.5) is 11.4 Å². The highest BCUT2D eigenvalue weighted by molar-refractivity contribution is 6.34. The van der Waals surface area contributed by atoms with Crippen LogP contribution >= 0.6 is 23.2 Å². The molecule has 3 rings (SSSR count). The standard InChI is InChI=1S/C18H16Cl2N2O2/c1-11-13(19)6-4-7-15(11)21-18(24)12-9-17(23)22(10-12)16-8-3-2-5-14(16)20/h2-8,12H,9-10H2,1H3,(H,21,24)/t12-/m0/s1. The van der Waals surface area contributed by atoms with Gasteiger partial charge < -0.3 is 10.2 Å². The Labute approximate surface area is 150 Å². The molecule has 1 N–H and O–H groups in total. The number of hydrogen-bond acceptors (Lipinski definition) is 2. The van der Waals surface area contributed by atoms with Crippen LogP contribution in [0, 0.1) is 12.8 Å². The second-order valence-electron chi connectivity index (χ2n) is 5.76. The van der Waals surface area contributed by atoms with Gasteiger partial charge in [0.2, 0.25) is 11.8 Å². The zero-order valence-electron chi connectivity index (χ0n) is 13.1. The summed E-state index contributed by atoms with van der Waals surface area (Å²) in [5.41, 5.74) is 2.11. The zero-order chi connectivity index (χ0) is 17.3. The third-order valence-electron chi connectivity index (χ3n) is 4.16. The number of benzene rings is 2. The molecule has 1 aliphatic rings. The molecule has 124 valence electrons. The number of hydrogen-bond donors (Lipinski definition) is 1. The van der Waals surface area contributed by atoms with Gasteiger partial charge >= 0.3 is 0 Å². The van der Waals surface area contributed by atoms with Gasteiger partial charge in [0, 0.05) is 23.7 Å².